The first-order valence-electron chi connectivity index (χ1n) is 5.57. The first-order valence-corrected chi connectivity index (χ1v) is 5.57. The minimum Gasteiger partial charge on any atom is -0.380 e. The number of hydrogen-bond acceptors (Lipinski definition) is 3. The van der Waals surface area contributed by atoms with Crippen molar-refractivity contribution in [1.82, 2.24) is 15.1 Å². The van der Waals surface area contributed by atoms with E-state index in [9.17, 15) is 0 Å². The third kappa shape index (κ3) is 4.01. The second-order valence-corrected chi connectivity index (χ2v) is 3.50. The Morgan fingerprint density at radius 3 is 2.93 bits per heavy atom. The van der Waals surface area contributed by atoms with E-state index in [1.165, 1.54) is 11.3 Å². The van der Waals surface area contributed by atoms with Crippen molar-refractivity contribution >= 4 is 0 Å². The Balaban J connectivity index is 2.30. The monoisotopic (exact) mass is 211 g/mol. The van der Waals surface area contributed by atoms with Crippen molar-refractivity contribution in [2.45, 2.75) is 26.8 Å². The molecule has 0 unspecified atom stereocenters. The van der Waals surface area contributed by atoms with Gasteiger partial charge in [-0.05, 0) is 13.3 Å². The normalized spacial score (nSPS) is 10.9. The molecular formula is C11H21N3O. The van der Waals surface area contributed by atoms with Crippen LogP contribution in [0.3, 0.4) is 0 Å². The third-order valence-electron chi connectivity index (χ3n) is 2.27. The zero-order valence-corrected chi connectivity index (χ0v) is 9.92. The molecule has 15 heavy (non-hydrogen) atoms. The van der Waals surface area contributed by atoms with Gasteiger partial charge < -0.3 is 10.1 Å². The summed E-state index contributed by atoms with van der Waals surface area (Å²) in [5.41, 5.74) is 2.47. The molecule has 0 amide bonds. The quantitative estimate of drug-likeness (QED) is 0.687. The second kappa shape index (κ2) is 6.58. The van der Waals surface area contributed by atoms with E-state index < -0.39 is 0 Å². The molecule has 1 heterocycles. The molecule has 4 heteroatoms. The van der Waals surface area contributed by atoms with Gasteiger partial charge in [0, 0.05) is 38.5 Å². The summed E-state index contributed by atoms with van der Waals surface area (Å²) in [6.07, 6.45) is 3.07. The van der Waals surface area contributed by atoms with E-state index in [0.717, 1.165) is 32.7 Å². The molecule has 86 valence electrons. The summed E-state index contributed by atoms with van der Waals surface area (Å²) < 4.78 is 7.12. The zero-order chi connectivity index (χ0) is 11.1. The summed E-state index contributed by atoms with van der Waals surface area (Å²) in [4.78, 5) is 0. The van der Waals surface area contributed by atoms with Gasteiger partial charge in [0.2, 0.25) is 0 Å². The Morgan fingerprint density at radius 2 is 2.27 bits per heavy atom. The van der Waals surface area contributed by atoms with Gasteiger partial charge >= 0.3 is 0 Å². The Morgan fingerprint density at radius 1 is 1.47 bits per heavy atom. The number of nitrogens with one attached hydrogen (secondary N) is 1. The molecule has 0 spiro atoms. The van der Waals surface area contributed by atoms with E-state index in [1.807, 2.05) is 18.7 Å². The van der Waals surface area contributed by atoms with E-state index in [1.54, 1.807) is 0 Å². The fourth-order valence-electron chi connectivity index (χ4n) is 1.54. The van der Waals surface area contributed by atoms with Crippen molar-refractivity contribution in [3.05, 3.63) is 17.5 Å². The lowest BCUT2D eigenvalue weighted by Crippen LogP contribution is -2.19. The lowest BCUT2D eigenvalue weighted by molar-refractivity contribution is 0.149. The average molecular weight is 211 g/mol. The fourth-order valence-corrected chi connectivity index (χ4v) is 1.54. The first kappa shape index (κ1) is 12.2. The standard InChI is InChI=1S/C11H21N3O/c1-4-11-10(9-14(3)13-11)8-12-6-7-15-5-2/h9,12H,4-8H2,1-3H3. The van der Waals surface area contributed by atoms with Crippen LogP contribution in [0.15, 0.2) is 6.20 Å². The number of hydrogen-bond donors (Lipinski definition) is 1. The van der Waals surface area contributed by atoms with Crippen LogP contribution in [-0.4, -0.2) is 29.5 Å². The zero-order valence-electron chi connectivity index (χ0n) is 9.92. The van der Waals surface area contributed by atoms with Crippen molar-refractivity contribution in [1.29, 1.82) is 0 Å². The van der Waals surface area contributed by atoms with E-state index in [2.05, 4.69) is 23.5 Å². The molecule has 1 N–H and O–H groups in total. The van der Waals surface area contributed by atoms with Gasteiger partial charge in [-0.2, -0.15) is 5.10 Å². The highest BCUT2D eigenvalue weighted by molar-refractivity contribution is 5.16. The molecule has 1 rings (SSSR count). The van der Waals surface area contributed by atoms with Crippen LogP contribution < -0.4 is 5.32 Å². The molecule has 0 aliphatic carbocycles. The van der Waals surface area contributed by atoms with Crippen LogP contribution in [0, 0.1) is 0 Å². The van der Waals surface area contributed by atoms with Crippen molar-refractivity contribution in [2.75, 3.05) is 19.8 Å². The molecule has 1 aromatic rings. The van der Waals surface area contributed by atoms with Crippen LogP contribution in [0.1, 0.15) is 25.1 Å². The van der Waals surface area contributed by atoms with Crippen molar-refractivity contribution in [3.63, 3.8) is 0 Å². The van der Waals surface area contributed by atoms with Crippen molar-refractivity contribution in [3.8, 4) is 0 Å². The average Bonchev–Trinajstić information content (AvgIpc) is 2.59. The molecule has 0 aliphatic rings. The van der Waals surface area contributed by atoms with E-state index in [0.29, 0.717) is 0 Å². The van der Waals surface area contributed by atoms with Crippen LogP contribution in [0.25, 0.3) is 0 Å². The molecule has 0 atom stereocenters. The van der Waals surface area contributed by atoms with Gasteiger partial charge in [-0.3, -0.25) is 4.68 Å². The molecule has 0 saturated carbocycles. The highest BCUT2D eigenvalue weighted by Gasteiger charge is 2.04. The highest BCUT2D eigenvalue weighted by Crippen LogP contribution is 2.06. The second-order valence-electron chi connectivity index (χ2n) is 3.50. The van der Waals surface area contributed by atoms with Crippen LogP contribution in [0.5, 0.6) is 0 Å². The summed E-state index contributed by atoms with van der Waals surface area (Å²) in [6.45, 7) is 7.48. The predicted octanol–water partition coefficient (Wildman–Crippen LogP) is 1.11. The maximum absolute atomic E-state index is 5.25. The molecule has 0 aliphatic heterocycles. The molecule has 0 bridgehead atoms. The molecular weight excluding hydrogens is 190 g/mol. The number of nitrogens with zero attached hydrogens (tertiary/aromatic N) is 2. The van der Waals surface area contributed by atoms with Crippen LogP contribution >= 0.6 is 0 Å². The van der Waals surface area contributed by atoms with Gasteiger partial charge in [-0.15, -0.1) is 0 Å². The maximum atomic E-state index is 5.25. The van der Waals surface area contributed by atoms with Crippen LogP contribution in [0.2, 0.25) is 0 Å². The number of rotatable bonds is 7. The van der Waals surface area contributed by atoms with Crippen molar-refractivity contribution in [2.24, 2.45) is 7.05 Å². The largest absolute Gasteiger partial charge is 0.380 e. The highest BCUT2D eigenvalue weighted by atomic mass is 16.5. The van der Waals surface area contributed by atoms with Gasteiger partial charge in [0.25, 0.3) is 0 Å². The smallest absolute Gasteiger partial charge is 0.0666 e. The van der Waals surface area contributed by atoms with E-state index in [4.69, 9.17) is 4.74 Å². The Hall–Kier alpha value is -0.870. The molecule has 0 saturated heterocycles. The number of aromatic nitrogens is 2. The summed E-state index contributed by atoms with van der Waals surface area (Å²) in [5, 5.41) is 7.74. The molecule has 0 radical (unpaired) electrons. The summed E-state index contributed by atoms with van der Waals surface area (Å²) in [6, 6.07) is 0. The molecule has 0 aromatic carbocycles. The first-order chi connectivity index (χ1) is 7.27. The van der Waals surface area contributed by atoms with Gasteiger partial charge in [-0.25, -0.2) is 0 Å². The molecule has 1 aromatic heterocycles. The number of aryl methyl sites for hydroxylation is 2. The summed E-state index contributed by atoms with van der Waals surface area (Å²) in [7, 11) is 1.96. The van der Waals surface area contributed by atoms with E-state index >= 15 is 0 Å². The summed E-state index contributed by atoms with van der Waals surface area (Å²) >= 11 is 0. The summed E-state index contributed by atoms with van der Waals surface area (Å²) in [5.74, 6) is 0. The van der Waals surface area contributed by atoms with Crippen LogP contribution in [-0.2, 0) is 24.8 Å². The van der Waals surface area contributed by atoms with Gasteiger partial charge in [-0.1, -0.05) is 6.92 Å². The maximum Gasteiger partial charge on any atom is 0.0666 e. The molecule has 4 nitrogen and oxygen atoms in total. The van der Waals surface area contributed by atoms with Gasteiger partial charge in [0.15, 0.2) is 0 Å². The Labute approximate surface area is 91.6 Å². The van der Waals surface area contributed by atoms with Crippen LogP contribution in [0.4, 0.5) is 0 Å². The van der Waals surface area contributed by atoms with Crippen molar-refractivity contribution < 1.29 is 4.74 Å². The Bertz CT molecular complexity index is 283. The van der Waals surface area contributed by atoms with E-state index in [-0.39, 0.29) is 0 Å². The third-order valence-corrected chi connectivity index (χ3v) is 2.27. The molecule has 0 fully saturated rings. The topological polar surface area (TPSA) is 39.1 Å². The fraction of sp³-hybridized carbons (Fsp3) is 0.727. The Kier molecular flexibility index (Phi) is 5.36. The lowest BCUT2D eigenvalue weighted by atomic mass is 10.2. The van der Waals surface area contributed by atoms with Gasteiger partial charge in [0.05, 0.1) is 12.3 Å². The van der Waals surface area contributed by atoms with Gasteiger partial charge in [0.1, 0.15) is 0 Å². The SMILES string of the molecule is CCOCCNCc1cn(C)nc1CC. The minimum absolute atomic E-state index is 0.776. The predicted molar refractivity (Wildman–Crippen MR) is 60.8 cm³/mol. The minimum atomic E-state index is 0.776. The number of ether oxygens (including phenoxy) is 1. The lowest BCUT2D eigenvalue weighted by Gasteiger charge is -2.04.